The van der Waals surface area contributed by atoms with Crippen LogP contribution in [-0.4, -0.2) is 44.3 Å². The largest absolute Gasteiger partial charge is 0.496 e. The number of nitrogens with zero attached hydrogens (tertiary/aromatic N) is 2. The van der Waals surface area contributed by atoms with Gasteiger partial charge in [0.2, 0.25) is 0 Å². The third-order valence-electron chi connectivity index (χ3n) is 3.77. The van der Waals surface area contributed by atoms with Gasteiger partial charge in [-0.1, -0.05) is 18.2 Å². The Labute approximate surface area is 172 Å². The fourth-order valence-electron chi connectivity index (χ4n) is 2.41. The van der Waals surface area contributed by atoms with E-state index in [2.05, 4.69) is 20.6 Å². The Hall–Kier alpha value is -2.33. The molecule has 6 nitrogen and oxygen atoms in total. The molecular formula is C19H25F3N4O2S. The van der Waals surface area contributed by atoms with E-state index in [4.69, 9.17) is 9.47 Å². The van der Waals surface area contributed by atoms with E-state index in [1.165, 1.54) is 0 Å². The highest BCUT2D eigenvalue weighted by molar-refractivity contribution is 7.09. The molecule has 0 fully saturated rings. The molecule has 10 heteroatoms. The molecule has 1 heterocycles. The molecule has 0 saturated heterocycles. The van der Waals surface area contributed by atoms with Gasteiger partial charge in [-0.15, -0.1) is 11.3 Å². The highest BCUT2D eigenvalue weighted by atomic mass is 32.1. The minimum absolute atomic E-state index is 0.384. The normalized spacial score (nSPS) is 12.1. The number of aromatic nitrogens is 1. The summed E-state index contributed by atoms with van der Waals surface area (Å²) in [6.45, 7) is 4.33. The molecule has 0 aliphatic carbocycles. The van der Waals surface area contributed by atoms with Crippen LogP contribution >= 0.6 is 11.3 Å². The number of benzene rings is 1. The van der Waals surface area contributed by atoms with Gasteiger partial charge in [-0.2, -0.15) is 13.2 Å². The molecule has 2 rings (SSSR count). The van der Waals surface area contributed by atoms with Gasteiger partial charge in [0.05, 0.1) is 31.9 Å². The van der Waals surface area contributed by atoms with Crippen LogP contribution in [0.4, 0.5) is 13.2 Å². The number of hydrogen-bond acceptors (Lipinski definition) is 5. The fraction of sp³-hybridized carbons (Fsp3) is 0.474. The standard InChI is InChI=1S/C19H25F3N4O2S/c1-3-23-18(24-9-8-17-26-16(13-29-17)19(20,21)22)25-10-11-28-12-14-6-4-5-7-15(14)27-2/h4-7,13H,3,8-12H2,1-2H3,(H2,23,24,25). The molecule has 0 aliphatic heterocycles. The molecule has 0 unspecified atom stereocenters. The van der Waals surface area contributed by atoms with Gasteiger partial charge in [0.1, 0.15) is 5.75 Å². The highest BCUT2D eigenvalue weighted by Gasteiger charge is 2.33. The molecule has 0 spiro atoms. The lowest BCUT2D eigenvalue weighted by molar-refractivity contribution is -0.140. The fourth-order valence-corrected chi connectivity index (χ4v) is 3.22. The van der Waals surface area contributed by atoms with Gasteiger partial charge in [-0.05, 0) is 13.0 Å². The number of para-hydroxylation sites is 1. The lowest BCUT2D eigenvalue weighted by Gasteiger charge is -2.11. The van der Waals surface area contributed by atoms with Gasteiger partial charge in [0.25, 0.3) is 0 Å². The molecular weight excluding hydrogens is 405 g/mol. The van der Waals surface area contributed by atoms with Crippen molar-refractivity contribution in [3.05, 3.63) is 45.9 Å². The summed E-state index contributed by atoms with van der Waals surface area (Å²) < 4.78 is 48.7. The molecule has 2 N–H and O–H groups in total. The maximum atomic E-state index is 12.6. The Balaban J connectivity index is 1.74. The molecule has 1 aromatic heterocycles. The maximum absolute atomic E-state index is 12.6. The van der Waals surface area contributed by atoms with Gasteiger partial charge >= 0.3 is 6.18 Å². The van der Waals surface area contributed by atoms with Gasteiger partial charge in [-0.3, -0.25) is 4.99 Å². The van der Waals surface area contributed by atoms with Gasteiger partial charge < -0.3 is 20.1 Å². The average molecular weight is 430 g/mol. The third-order valence-corrected chi connectivity index (χ3v) is 4.68. The number of nitrogens with one attached hydrogen (secondary N) is 2. The minimum atomic E-state index is -4.40. The van der Waals surface area contributed by atoms with E-state index >= 15 is 0 Å². The summed E-state index contributed by atoms with van der Waals surface area (Å²) in [5.41, 5.74) is 0.121. The number of rotatable bonds is 10. The van der Waals surface area contributed by atoms with Gasteiger partial charge in [0.15, 0.2) is 11.7 Å². The maximum Gasteiger partial charge on any atom is 0.434 e. The lowest BCUT2D eigenvalue weighted by Crippen LogP contribution is -2.38. The van der Waals surface area contributed by atoms with Crippen LogP contribution in [-0.2, 0) is 23.9 Å². The molecule has 29 heavy (non-hydrogen) atoms. The van der Waals surface area contributed by atoms with Crippen molar-refractivity contribution in [2.24, 2.45) is 4.99 Å². The van der Waals surface area contributed by atoms with Crippen LogP contribution in [0.3, 0.4) is 0 Å². The summed E-state index contributed by atoms with van der Waals surface area (Å²) >= 11 is 1.01. The summed E-state index contributed by atoms with van der Waals surface area (Å²) in [6, 6.07) is 7.64. The average Bonchev–Trinajstić information content (AvgIpc) is 3.17. The number of halogens is 3. The number of aliphatic imine (C=N–C) groups is 1. The van der Waals surface area contributed by atoms with Crippen LogP contribution in [0.1, 0.15) is 23.2 Å². The quantitative estimate of drug-likeness (QED) is 0.343. The number of ether oxygens (including phenoxy) is 2. The number of hydrogen-bond donors (Lipinski definition) is 2. The molecule has 0 amide bonds. The molecule has 0 aliphatic rings. The first-order valence-corrected chi connectivity index (χ1v) is 10.1. The van der Waals surface area contributed by atoms with Crippen LogP contribution in [0.5, 0.6) is 5.75 Å². The van der Waals surface area contributed by atoms with Crippen molar-refractivity contribution in [3.8, 4) is 5.75 Å². The first-order valence-electron chi connectivity index (χ1n) is 9.17. The van der Waals surface area contributed by atoms with Crippen molar-refractivity contribution >= 4 is 17.3 Å². The van der Waals surface area contributed by atoms with Crippen molar-refractivity contribution in [3.63, 3.8) is 0 Å². The summed E-state index contributed by atoms with van der Waals surface area (Å²) in [6.07, 6.45) is -4.02. The SMILES string of the molecule is CCNC(=NCCOCc1ccccc1OC)NCCc1nc(C(F)(F)F)cs1. The Bertz CT molecular complexity index is 781. The summed E-state index contributed by atoms with van der Waals surface area (Å²) in [5, 5.41) is 7.65. The number of guanidine groups is 1. The van der Waals surface area contributed by atoms with Crippen LogP contribution in [0.2, 0.25) is 0 Å². The van der Waals surface area contributed by atoms with E-state index in [1.54, 1.807) is 7.11 Å². The first-order chi connectivity index (χ1) is 13.9. The van der Waals surface area contributed by atoms with Gasteiger partial charge in [-0.25, -0.2) is 4.98 Å². The smallest absolute Gasteiger partial charge is 0.434 e. The zero-order valence-corrected chi connectivity index (χ0v) is 17.2. The molecule has 1 aromatic carbocycles. The summed E-state index contributed by atoms with van der Waals surface area (Å²) in [7, 11) is 1.62. The van der Waals surface area contributed by atoms with Crippen LogP contribution in [0, 0.1) is 0 Å². The number of thiazole rings is 1. The predicted molar refractivity (Wildman–Crippen MR) is 107 cm³/mol. The predicted octanol–water partition coefficient (Wildman–Crippen LogP) is 3.48. The minimum Gasteiger partial charge on any atom is -0.496 e. The molecule has 0 radical (unpaired) electrons. The Kier molecular flexibility index (Phi) is 9.20. The van der Waals surface area contributed by atoms with Crippen molar-refractivity contribution < 1.29 is 22.6 Å². The van der Waals surface area contributed by atoms with Crippen LogP contribution in [0.25, 0.3) is 0 Å². The molecule has 0 saturated carbocycles. The van der Waals surface area contributed by atoms with Crippen LogP contribution < -0.4 is 15.4 Å². The van der Waals surface area contributed by atoms with E-state index in [0.29, 0.717) is 50.2 Å². The van der Waals surface area contributed by atoms with Crippen molar-refractivity contribution in [2.45, 2.75) is 26.1 Å². The van der Waals surface area contributed by atoms with E-state index in [1.807, 2.05) is 31.2 Å². The van der Waals surface area contributed by atoms with E-state index in [-0.39, 0.29) is 0 Å². The summed E-state index contributed by atoms with van der Waals surface area (Å²) in [5.74, 6) is 1.36. The van der Waals surface area contributed by atoms with E-state index < -0.39 is 11.9 Å². The second kappa shape index (κ2) is 11.6. The lowest BCUT2D eigenvalue weighted by atomic mass is 10.2. The summed E-state index contributed by atoms with van der Waals surface area (Å²) in [4.78, 5) is 8.02. The number of methoxy groups -OCH3 is 1. The molecule has 0 atom stereocenters. The van der Waals surface area contributed by atoms with Crippen molar-refractivity contribution in [1.82, 2.24) is 15.6 Å². The number of alkyl halides is 3. The monoisotopic (exact) mass is 430 g/mol. The Morgan fingerprint density at radius 1 is 1.24 bits per heavy atom. The molecule has 160 valence electrons. The molecule has 2 aromatic rings. The van der Waals surface area contributed by atoms with Gasteiger partial charge in [0, 0.05) is 30.5 Å². The Morgan fingerprint density at radius 3 is 2.72 bits per heavy atom. The topological polar surface area (TPSA) is 67.8 Å². The zero-order valence-electron chi connectivity index (χ0n) is 16.4. The Morgan fingerprint density at radius 2 is 2.03 bits per heavy atom. The second-order valence-corrected chi connectivity index (χ2v) is 6.87. The molecule has 0 bridgehead atoms. The first kappa shape index (κ1) is 23.0. The zero-order chi connectivity index (χ0) is 21.1. The van der Waals surface area contributed by atoms with Crippen molar-refractivity contribution in [2.75, 3.05) is 33.4 Å². The van der Waals surface area contributed by atoms with E-state index in [9.17, 15) is 13.2 Å². The second-order valence-electron chi connectivity index (χ2n) is 5.93. The van der Waals surface area contributed by atoms with E-state index in [0.717, 1.165) is 28.0 Å². The highest BCUT2D eigenvalue weighted by Crippen LogP contribution is 2.30. The van der Waals surface area contributed by atoms with Crippen LogP contribution in [0.15, 0.2) is 34.6 Å². The third kappa shape index (κ3) is 7.90. The van der Waals surface area contributed by atoms with Crippen molar-refractivity contribution in [1.29, 1.82) is 0 Å².